The van der Waals surface area contributed by atoms with E-state index in [0.29, 0.717) is 6.42 Å². The lowest BCUT2D eigenvalue weighted by atomic mass is 10.2. The molecule has 0 amide bonds. The Balaban J connectivity index is 2.66. The van der Waals surface area contributed by atoms with Crippen LogP contribution in [0.2, 0.25) is 0 Å². The minimum Gasteiger partial charge on any atom is -0.549 e. The van der Waals surface area contributed by atoms with E-state index >= 15 is 0 Å². The highest BCUT2D eigenvalue weighted by Gasteiger charge is 2.09. The topological polar surface area (TPSA) is 40.1 Å². The molecule has 16 heavy (non-hydrogen) atoms. The summed E-state index contributed by atoms with van der Waals surface area (Å²) in [6.45, 7) is 3.92. The fourth-order valence-electron chi connectivity index (χ4n) is 1.20. The third kappa shape index (κ3) is 4.53. The molecule has 3 heteroatoms. The van der Waals surface area contributed by atoms with Crippen LogP contribution in [0.15, 0.2) is 46.9 Å². The minimum absolute atomic E-state index is 0.504. The lowest BCUT2D eigenvalue weighted by molar-refractivity contribution is -0.304. The summed E-state index contributed by atoms with van der Waals surface area (Å²) in [6.07, 6.45) is 2.43. The van der Waals surface area contributed by atoms with Gasteiger partial charge in [0.1, 0.15) is 0 Å². The molecule has 0 aliphatic rings. The first kappa shape index (κ1) is 12.8. The van der Waals surface area contributed by atoms with Gasteiger partial charge in [-0.05, 0) is 32.4 Å². The standard InChI is InChI=1S/C13H16O2S/c1-10(2)8-9-12(13(14)15)16-11-6-4-3-5-7-11/h3-8,12H,9H2,1-2H3,(H,14,15)/p-1. The van der Waals surface area contributed by atoms with Gasteiger partial charge in [-0.3, -0.25) is 0 Å². The smallest absolute Gasteiger partial charge is 0.0551 e. The monoisotopic (exact) mass is 235 g/mol. The Hall–Kier alpha value is -1.22. The second-order valence-electron chi connectivity index (χ2n) is 3.76. The Kier molecular flexibility index (Phi) is 5.12. The van der Waals surface area contributed by atoms with Crippen molar-refractivity contribution in [3.05, 3.63) is 42.0 Å². The molecule has 1 unspecified atom stereocenters. The van der Waals surface area contributed by atoms with Crippen molar-refractivity contribution in [2.45, 2.75) is 30.4 Å². The molecule has 1 atom stereocenters. The average molecular weight is 235 g/mol. The van der Waals surface area contributed by atoms with Gasteiger partial charge < -0.3 is 9.90 Å². The van der Waals surface area contributed by atoms with Crippen molar-refractivity contribution in [2.75, 3.05) is 0 Å². The van der Waals surface area contributed by atoms with Crippen molar-refractivity contribution >= 4 is 17.7 Å². The van der Waals surface area contributed by atoms with Gasteiger partial charge in [0.25, 0.3) is 0 Å². The Labute approximate surface area is 100 Å². The molecular weight excluding hydrogens is 220 g/mol. The van der Waals surface area contributed by atoms with Gasteiger partial charge in [-0.15, -0.1) is 11.8 Å². The summed E-state index contributed by atoms with van der Waals surface area (Å²) in [5.41, 5.74) is 1.12. The number of thioether (sulfide) groups is 1. The third-order valence-corrected chi connectivity index (χ3v) is 3.24. The third-order valence-electron chi connectivity index (χ3n) is 2.02. The summed E-state index contributed by atoms with van der Waals surface area (Å²) in [4.78, 5) is 11.9. The number of carbonyl (C=O) groups is 1. The van der Waals surface area contributed by atoms with Crippen molar-refractivity contribution < 1.29 is 9.90 Å². The van der Waals surface area contributed by atoms with Crippen LogP contribution in [0, 0.1) is 0 Å². The molecule has 0 aliphatic carbocycles. The first-order chi connectivity index (χ1) is 7.59. The Bertz CT molecular complexity index is 367. The Morgan fingerprint density at radius 1 is 1.38 bits per heavy atom. The van der Waals surface area contributed by atoms with Crippen LogP contribution >= 0.6 is 11.8 Å². The summed E-state index contributed by atoms with van der Waals surface area (Å²) in [5.74, 6) is -1.01. The van der Waals surface area contributed by atoms with E-state index in [9.17, 15) is 9.90 Å². The van der Waals surface area contributed by atoms with E-state index in [4.69, 9.17) is 0 Å². The maximum atomic E-state index is 11.0. The number of carboxylic acids is 1. The molecule has 0 spiro atoms. The molecule has 0 aliphatic heterocycles. The first-order valence-corrected chi connectivity index (χ1v) is 6.03. The van der Waals surface area contributed by atoms with Crippen LogP contribution < -0.4 is 5.11 Å². The second kappa shape index (κ2) is 6.38. The number of allylic oxidation sites excluding steroid dienone is 2. The van der Waals surface area contributed by atoms with Gasteiger partial charge in [0.05, 0.1) is 11.2 Å². The van der Waals surface area contributed by atoms with E-state index in [0.717, 1.165) is 10.5 Å². The quantitative estimate of drug-likeness (QED) is 0.580. The predicted octanol–water partition coefficient (Wildman–Crippen LogP) is 2.25. The van der Waals surface area contributed by atoms with Gasteiger partial charge in [0.15, 0.2) is 0 Å². The number of aliphatic carboxylic acids is 1. The van der Waals surface area contributed by atoms with Crippen molar-refractivity contribution in [1.82, 2.24) is 0 Å². The minimum atomic E-state index is -1.01. The van der Waals surface area contributed by atoms with E-state index in [1.165, 1.54) is 11.8 Å². The molecule has 86 valence electrons. The van der Waals surface area contributed by atoms with Crippen LogP contribution in [0.25, 0.3) is 0 Å². The van der Waals surface area contributed by atoms with Gasteiger partial charge in [0, 0.05) is 4.90 Å². The van der Waals surface area contributed by atoms with Crippen LogP contribution in [0.3, 0.4) is 0 Å². The van der Waals surface area contributed by atoms with Crippen LogP contribution in [-0.2, 0) is 4.79 Å². The molecule has 1 aromatic carbocycles. The molecule has 0 radical (unpaired) electrons. The highest BCUT2D eigenvalue weighted by atomic mass is 32.2. The zero-order chi connectivity index (χ0) is 12.0. The van der Waals surface area contributed by atoms with Gasteiger partial charge in [0.2, 0.25) is 0 Å². The number of hydrogen-bond donors (Lipinski definition) is 0. The van der Waals surface area contributed by atoms with E-state index in [2.05, 4.69) is 0 Å². The van der Waals surface area contributed by atoms with Crippen molar-refractivity contribution in [2.24, 2.45) is 0 Å². The first-order valence-electron chi connectivity index (χ1n) is 5.15. The van der Waals surface area contributed by atoms with Crippen LogP contribution in [0.4, 0.5) is 0 Å². The van der Waals surface area contributed by atoms with E-state index in [1.54, 1.807) is 0 Å². The highest BCUT2D eigenvalue weighted by molar-refractivity contribution is 8.00. The van der Waals surface area contributed by atoms with Crippen molar-refractivity contribution in [3.63, 3.8) is 0 Å². The Morgan fingerprint density at radius 3 is 2.50 bits per heavy atom. The molecule has 1 rings (SSSR count). The number of carboxylic acid groups (broad SMARTS) is 1. The van der Waals surface area contributed by atoms with Crippen LogP contribution in [-0.4, -0.2) is 11.2 Å². The van der Waals surface area contributed by atoms with Crippen LogP contribution in [0.1, 0.15) is 20.3 Å². The van der Waals surface area contributed by atoms with E-state index < -0.39 is 11.2 Å². The normalized spacial score (nSPS) is 11.9. The molecule has 0 N–H and O–H groups in total. The zero-order valence-electron chi connectivity index (χ0n) is 9.47. The van der Waals surface area contributed by atoms with Gasteiger partial charge >= 0.3 is 0 Å². The number of benzene rings is 1. The van der Waals surface area contributed by atoms with Crippen molar-refractivity contribution in [3.8, 4) is 0 Å². The molecule has 0 bridgehead atoms. The summed E-state index contributed by atoms with van der Waals surface area (Å²) in [5, 5.41) is 10.4. The average Bonchev–Trinajstić information content (AvgIpc) is 2.25. The number of rotatable bonds is 5. The van der Waals surface area contributed by atoms with Crippen molar-refractivity contribution in [1.29, 1.82) is 0 Å². The Morgan fingerprint density at radius 2 is 2.00 bits per heavy atom. The second-order valence-corrected chi connectivity index (χ2v) is 5.03. The lowest BCUT2D eigenvalue weighted by Gasteiger charge is -2.15. The molecule has 0 heterocycles. The molecule has 0 fully saturated rings. The zero-order valence-corrected chi connectivity index (χ0v) is 10.3. The molecule has 2 nitrogen and oxygen atoms in total. The van der Waals surface area contributed by atoms with E-state index in [-0.39, 0.29) is 0 Å². The highest BCUT2D eigenvalue weighted by Crippen LogP contribution is 2.25. The molecular formula is C13H15O2S-. The number of carbonyl (C=O) groups excluding carboxylic acids is 1. The fraction of sp³-hybridized carbons (Fsp3) is 0.308. The predicted molar refractivity (Wildman–Crippen MR) is 65.1 cm³/mol. The fourth-order valence-corrected chi connectivity index (χ4v) is 2.13. The summed E-state index contributed by atoms with van der Waals surface area (Å²) < 4.78 is 0. The van der Waals surface area contributed by atoms with E-state index in [1.807, 2.05) is 50.3 Å². The number of hydrogen-bond acceptors (Lipinski definition) is 3. The van der Waals surface area contributed by atoms with Crippen LogP contribution in [0.5, 0.6) is 0 Å². The molecule has 0 saturated carbocycles. The largest absolute Gasteiger partial charge is 0.549 e. The van der Waals surface area contributed by atoms with Gasteiger partial charge in [-0.1, -0.05) is 29.8 Å². The van der Waals surface area contributed by atoms with Gasteiger partial charge in [-0.2, -0.15) is 0 Å². The lowest BCUT2D eigenvalue weighted by Crippen LogP contribution is -2.33. The molecule has 0 aromatic heterocycles. The summed E-state index contributed by atoms with van der Waals surface area (Å²) in [7, 11) is 0. The molecule has 1 aromatic rings. The SMILES string of the molecule is CC(C)=CCC(Sc1ccccc1)C(=O)[O-]. The maximum absolute atomic E-state index is 11.0. The summed E-state index contributed by atoms with van der Waals surface area (Å²) >= 11 is 1.33. The maximum Gasteiger partial charge on any atom is 0.0551 e. The van der Waals surface area contributed by atoms with Gasteiger partial charge in [-0.25, -0.2) is 0 Å². The molecule has 0 saturated heterocycles. The summed E-state index contributed by atoms with van der Waals surface area (Å²) in [6, 6.07) is 9.52.